The van der Waals surface area contributed by atoms with Crippen molar-refractivity contribution in [1.29, 1.82) is 0 Å². The molecule has 2 aromatic rings. The summed E-state index contributed by atoms with van der Waals surface area (Å²) in [5, 5.41) is 0. The molecule has 0 spiro atoms. The highest BCUT2D eigenvalue weighted by Gasteiger charge is 2.32. The largest absolute Gasteiger partial charge is 0.491 e. The molecule has 1 aromatic heterocycles. The highest BCUT2D eigenvalue weighted by Crippen LogP contribution is 2.42. The Morgan fingerprint density at radius 1 is 1.33 bits per heavy atom. The molecule has 1 heterocycles. The Morgan fingerprint density at radius 2 is 2.14 bits per heavy atom. The van der Waals surface area contributed by atoms with Crippen molar-refractivity contribution in [3.05, 3.63) is 23.0 Å². The van der Waals surface area contributed by atoms with Gasteiger partial charge in [-0.05, 0) is 55.4 Å². The van der Waals surface area contributed by atoms with Gasteiger partial charge in [0.1, 0.15) is 11.3 Å². The Labute approximate surface area is 131 Å². The second kappa shape index (κ2) is 5.84. The van der Waals surface area contributed by atoms with E-state index in [2.05, 4.69) is 42.5 Å². The van der Waals surface area contributed by atoms with E-state index in [1.54, 1.807) is 0 Å². The van der Waals surface area contributed by atoms with Crippen molar-refractivity contribution in [3.8, 4) is 5.75 Å². The van der Waals surface area contributed by atoms with Crippen LogP contribution in [0, 0.1) is 16.6 Å². The fourth-order valence-electron chi connectivity index (χ4n) is 3.49. The lowest BCUT2D eigenvalue weighted by Gasteiger charge is -2.20. The monoisotopic (exact) mass is 304 g/mol. The van der Waals surface area contributed by atoms with E-state index in [9.17, 15) is 0 Å². The Bertz CT molecular complexity index is 688. The predicted octanol–water partition coefficient (Wildman–Crippen LogP) is 5.09. The van der Waals surface area contributed by atoms with Crippen molar-refractivity contribution in [2.45, 2.75) is 46.1 Å². The Kier molecular flexibility index (Phi) is 4.07. The van der Waals surface area contributed by atoms with E-state index >= 15 is 0 Å². The first-order valence-corrected chi connectivity index (χ1v) is 8.40. The van der Waals surface area contributed by atoms with Crippen LogP contribution in [-0.2, 0) is 0 Å². The van der Waals surface area contributed by atoms with E-state index in [1.807, 2.05) is 6.07 Å². The van der Waals surface area contributed by atoms with Gasteiger partial charge in [-0.3, -0.25) is 0 Å². The predicted molar refractivity (Wildman–Crippen MR) is 89.5 cm³/mol. The number of para-hydroxylation sites is 1. The summed E-state index contributed by atoms with van der Waals surface area (Å²) in [6.45, 7) is 7.55. The Balaban J connectivity index is 2.08. The molecule has 3 nitrogen and oxygen atoms in total. The molecule has 0 radical (unpaired) electrons. The highest BCUT2D eigenvalue weighted by molar-refractivity contribution is 7.71. The smallest absolute Gasteiger partial charge is 0.178 e. The number of benzene rings is 1. The molecule has 1 N–H and O–H groups in total. The first-order valence-electron chi connectivity index (χ1n) is 7.99. The number of ether oxygens (including phenoxy) is 1. The summed E-state index contributed by atoms with van der Waals surface area (Å²) >= 11 is 5.61. The maximum atomic E-state index is 5.86. The summed E-state index contributed by atoms with van der Waals surface area (Å²) in [4.78, 5) is 3.37. The molecule has 3 atom stereocenters. The van der Waals surface area contributed by atoms with Crippen LogP contribution < -0.4 is 4.74 Å². The molecular weight excluding hydrogens is 280 g/mol. The van der Waals surface area contributed by atoms with Crippen LogP contribution in [0.25, 0.3) is 11.0 Å². The molecule has 114 valence electrons. The first kappa shape index (κ1) is 14.6. The number of aromatic amines is 1. The third-order valence-corrected chi connectivity index (χ3v) is 5.23. The second-order valence-electron chi connectivity index (χ2n) is 6.28. The zero-order valence-corrected chi connectivity index (χ0v) is 13.9. The lowest BCUT2D eigenvalue weighted by molar-refractivity contribution is 0.320. The van der Waals surface area contributed by atoms with Gasteiger partial charge in [-0.2, -0.15) is 0 Å². The van der Waals surface area contributed by atoms with E-state index in [4.69, 9.17) is 17.0 Å². The molecule has 1 fully saturated rings. The summed E-state index contributed by atoms with van der Waals surface area (Å²) in [5.74, 6) is 2.34. The molecule has 0 aliphatic heterocycles. The van der Waals surface area contributed by atoms with Crippen LogP contribution in [0.3, 0.4) is 0 Å². The third kappa shape index (κ3) is 2.50. The summed E-state index contributed by atoms with van der Waals surface area (Å²) in [7, 11) is 0. The van der Waals surface area contributed by atoms with E-state index in [-0.39, 0.29) is 0 Å². The van der Waals surface area contributed by atoms with E-state index in [1.165, 1.54) is 18.4 Å². The quantitative estimate of drug-likeness (QED) is 0.797. The van der Waals surface area contributed by atoms with Crippen LogP contribution in [0.15, 0.2) is 18.2 Å². The molecule has 1 saturated carbocycles. The number of imidazole rings is 1. The van der Waals surface area contributed by atoms with Crippen molar-refractivity contribution in [2.75, 3.05) is 6.61 Å². The average Bonchev–Trinajstić information content (AvgIpc) is 2.97. The Morgan fingerprint density at radius 3 is 2.81 bits per heavy atom. The van der Waals surface area contributed by atoms with Crippen molar-refractivity contribution in [3.63, 3.8) is 0 Å². The minimum absolute atomic E-state index is 0.502. The minimum Gasteiger partial charge on any atom is -0.491 e. The van der Waals surface area contributed by atoms with Gasteiger partial charge in [-0.25, -0.2) is 0 Å². The van der Waals surface area contributed by atoms with E-state index < -0.39 is 0 Å². The van der Waals surface area contributed by atoms with Crippen LogP contribution >= 0.6 is 12.2 Å². The molecule has 1 aliphatic carbocycles. The summed E-state index contributed by atoms with van der Waals surface area (Å²) < 4.78 is 9.00. The fourth-order valence-corrected chi connectivity index (χ4v) is 3.82. The molecular formula is C17H24N2OS. The maximum Gasteiger partial charge on any atom is 0.178 e. The lowest BCUT2D eigenvalue weighted by Crippen LogP contribution is -2.14. The normalized spacial score (nSPS) is 25.6. The van der Waals surface area contributed by atoms with Gasteiger partial charge in [-0.1, -0.05) is 26.8 Å². The molecule has 3 rings (SSSR count). The van der Waals surface area contributed by atoms with Crippen LogP contribution in [0.2, 0.25) is 0 Å². The standard InChI is InChI=1S/C17H24N2OS/c1-4-10-20-15-7-5-6-14-16(15)18-17(21)19(14)13-9-8-11(2)12(13)3/h5-7,11-13H,4,8-10H2,1-3H3,(H,18,21). The van der Waals surface area contributed by atoms with Gasteiger partial charge in [-0.15, -0.1) is 0 Å². The zero-order chi connectivity index (χ0) is 15.0. The average molecular weight is 304 g/mol. The summed E-state index contributed by atoms with van der Waals surface area (Å²) in [6.07, 6.45) is 3.50. The van der Waals surface area contributed by atoms with E-state index in [0.29, 0.717) is 12.0 Å². The number of hydrogen-bond acceptors (Lipinski definition) is 2. The number of aromatic nitrogens is 2. The molecule has 3 unspecified atom stereocenters. The number of hydrogen-bond donors (Lipinski definition) is 1. The summed E-state index contributed by atoms with van der Waals surface area (Å²) in [6, 6.07) is 6.74. The van der Waals surface area contributed by atoms with Crippen LogP contribution in [0.1, 0.15) is 46.1 Å². The van der Waals surface area contributed by atoms with Crippen molar-refractivity contribution < 1.29 is 4.74 Å². The van der Waals surface area contributed by atoms with Gasteiger partial charge in [0.15, 0.2) is 4.77 Å². The number of H-pyrrole nitrogens is 1. The van der Waals surface area contributed by atoms with Gasteiger partial charge >= 0.3 is 0 Å². The van der Waals surface area contributed by atoms with Crippen molar-refractivity contribution in [1.82, 2.24) is 9.55 Å². The molecule has 4 heteroatoms. The fraction of sp³-hybridized carbons (Fsp3) is 0.588. The maximum absolute atomic E-state index is 5.86. The number of rotatable bonds is 4. The number of nitrogens with zero attached hydrogens (tertiary/aromatic N) is 1. The number of nitrogens with one attached hydrogen (secondary N) is 1. The van der Waals surface area contributed by atoms with Crippen molar-refractivity contribution >= 4 is 23.3 Å². The molecule has 0 bridgehead atoms. The topological polar surface area (TPSA) is 29.9 Å². The van der Waals surface area contributed by atoms with Crippen LogP contribution in [0.5, 0.6) is 5.75 Å². The summed E-state index contributed by atoms with van der Waals surface area (Å²) in [5.41, 5.74) is 2.22. The SMILES string of the molecule is CCCOc1cccc2c1[nH]c(=S)n2C1CCC(C)C1C. The van der Waals surface area contributed by atoms with Gasteiger partial charge < -0.3 is 14.3 Å². The molecule has 21 heavy (non-hydrogen) atoms. The third-order valence-electron chi connectivity index (χ3n) is 4.93. The van der Waals surface area contributed by atoms with Gasteiger partial charge in [0.25, 0.3) is 0 Å². The van der Waals surface area contributed by atoms with Gasteiger partial charge in [0, 0.05) is 6.04 Å². The zero-order valence-electron chi connectivity index (χ0n) is 13.1. The van der Waals surface area contributed by atoms with Crippen LogP contribution in [0.4, 0.5) is 0 Å². The van der Waals surface area contributed by atoms with Crippen LogP contribution in [-0.4, -0.2) is 16.2 Å². The molecule has 1 aliphatic rings. The van der Waals surface area contributed by atoms with Gasteiger partial charge in [0.2, 0.25) is 0 Å². The van der Waals surface area contributed by atoms with Crippen molar-refractivity contribution in [2.24, 2.45) is 11.8 Å². The highest BCUT2D eigenvalue weighted by atomic mass is 32.1. The first-order chi connectivity index (χ1) is 10.1. The number of fused-ring (bicyclic) bond motifs is 1. The second-order valence-corrected chi connectivity index (χ2v) is 6.67. The Hall–Kier alpha value is -1.29. The lowest BCUT2D eigenvalue weighted by atomic mass is 9.97. The molecule has 0 amide bonds. The van der Waals surface area contributed by atoms with Gasteiger partial charge in [0.05, 0.1) is 12.1 Å². The minimum atomic E-state index is 0.502. The molecule has 1 aromatic carbocycles. The van der Waals surface area contributed by atoms with E-state index in [0.717, 1.165) is 35.0 Å². The molecule has 0 saturated heterocycles.